The van der Waals surface area contributed by atoms with Crippen LogP contribution in [-0.2, 0) is 13.0 Å². The Morgan fingerprint density at radius 1 is 1.32 bits per heavy atom. The quantitative estimate of drug-likeness (QED) is 0.511. The zero-order valence-corrected chi connectivity index (χ0v) is 11.7. The number of non-ortho nitro benzene ring substituents is 1. The summed E-state index contributed by atoms with van der Waals surface area (Å²) in [5.74, 6) is 0. The second-order valence-electron chi connectivity index (χ2n) is 4.73. The SMILES string of the molecule is Cl.NCCCCN1CCc2ccc([N+](=O)[O-])cc2C1. The molecule has 2 N–H and O–H groups in total. The van der Waals surface area contributed by atoms with Crippen molar-refractivity contribution in [1.29, 1.82) is 0 Å². The normalized spacial score (nSPS) is 14.6. The van der Waals surface area contributed by atoms with E-state index in [-0.39, 0.29) is 23.0 Å². The van der Waals surface area contributed by atoms with Gasteiger partial charge in [-0.2, -0.15) is 0 Å². The molecular weight excluding hydrogens is 266 g/mol. The number of unbranched alkanes of at least 4 members (excludes halogenated alkanes) is 1. The monoisotopic (exact) mass is 285 g/mol. The Kier molecular flexibility index (Phi) is 6.21. The highest BCUT2D eigenvalue weighted by molar-refractivity contribution is 5.85. The first-order chi connectivity index (χ1) is 8.70. The first-order valence-electron chi connectivity index (χ1n) is 6.39. The molecule has 19 heavy (non-hydrogen) atoms. The van der Waals surface area contributed by atoms with Crippen LogP contribution in [0.15, 0.2) is 18.2 Å². The van der Waals surface area contributed by atoms with Crippen LogP contribution in [0.5, 0.6) is 0 Å². The second-order valence-corrected chi connectivity index (χ2v) is 4.73. The van der Waals surface area contributed by atoms with Crippen LogP contribution in [0.1, 0.15) is 24.0 Å². The number of hydrogen-bond donors (Lipinski definition) is 1. The molecule has 1 aromatic carbocycles. The minimum absolute atomic E-state index is 0. The molecule has 0 unspecified atom stereocenters. The number of nitrogens with two attached hydrogens (primary N) is 1. The lowest BCUT2D eigenvalue weighted by molar-refractivity contribution is -0.385. The summed E-state index contributed by atoms with van der Waals surface area (Å²) in [6.07, 6.45) is 3.12. The van der Waals surface area contributed by atoms with Crippen molar-refractivity contribution in [2.75, 3.05) is 19.6 Å². The van der Waals surface area contributed by atoms with E-state index in [1.54, 1.807) is 12.1 Å². The van der Waals surface area contributed by atoms with Gasteiger partial charge in [0.1, 0.15) is 0 Å². The summed E-state index contributed by atoms with van der Waals surface area (Å²) in [4.78, 5) is 12.8. The zero-order valence-electron chi connectivity index (χ0n) is 10.9. The molecule has 0 fully saturated rings. The van der Waals surface area contributed by atoms with Crippen molar-refractivity contribution in [1.82, 2.24) is 4.90 Å². The van der Waals surface area contributed by atoms with Crippen LogP contribution in [0.3, 0.4) is 0 Å². The summed E-state index contributed by atoms with van der Waals surface area (Å²) in [5.41, 5.74) is 8.02. The number of rotatable bonds is 5. The van der Waals surface area contributed by atoms with E-state index < -0.39 is 0 Å². The fraction of sp³-hybridized carbons (Fsp3) is 0.538. The third-order valence-corrected chi connectivity index (χ3v) is 3.42. The molecule has 2 rings (SSSR count). The van der Waals surface area contributed by atoms with Gasteiger partial charge in [-0.1, -0.05) is 6.07 Å². The summed E-state index contributed by atoms with van der Waals surface area (Å²) in [6.45, 7) is 3.62. The number of nitro benzene ring substituents is 1. The van der Waals surface area contributed by atoms with Gasteiger partial charge in [-0.25, -0.2) is 0 Å². The lowest BCUT2D eigenvalue weighted by Crippen LogP contribution is -2.31. The highest BCUT2D eigenvalue weighted by atomic mass is 35.5. The van der Waals surface area contributed by atoms with Gasteiger partial charge in [-0.15, -0.1) is 12.4 Å². The zero-order chi connectivity index (χ0) is 13.0. The molecule has 5 nitrogen and oxygen atoms in total. The van der Waals surface area contributed by atoms with Crippen LogP contribution in [0.2, 0.25) is 0 Å². The van der Waals surface area contributed by atoms with Crippen LogP contribution < -0.4 is 5.73 Å². The van der Waals surface area contributed by atoms with Crippen LogP contribution in [0, 0.1) is 10.1 Å². The van der Waals surface area contributed by atoms with Crippen molar-refractivity contribution in [3.8, 4) is 0 Å². The minimum atomic E-state index is -0.326. The first-order valence-corrected chi connectivity index (χ1v) is 6.39. The van der Waals surface area contributed by atoms with Crippen molar-refractivity contribution in [3.63, 3.8) is 0 Å². The van der Waals surface area contributed by atoms with Gasteiger partial charge in [0.15, 0.2) is 0 Å². The fourth-order valence-corrected chi connectivity index (χ4v) is 2.39. The summed E-state index contributed by atoms with van der Waals surface area (Å²) in [5, 5.41) is 10.8. The van der Waals surface area contributed by atoms with E-state index in [0.717, 1.165) is 51.0 Å². The average molecular weight is 286 g/mol. The van der Waals surface area contributed by atoms with Crippen molar-refractivity contribution >= 4 is 18.1 Å². The number of nitrogens with zero attached hydrogens (tertiary/aromatic N) is 2. The van der Waals surface area contributed by atoms with E-state index in [2.05, 4.69) is 4.90 Å². The molecule has 6 heteroatoms. The van der Waals surface area contributed by atoms with Gasteiger partial charge in [-0.3, -0.25) is 15.0 Å². The van der Waals surface area contributed by atoms with Crippen molar-refractivity contribution in [3.05, 3.63) is 39.4 Å². The van der Waals surface area contributed by atoms with E-state index in [1.807, 2.05) is 6.07 Å². The van der Waals surface area contributed by atoms with E-state index in [1.165, 1.54) is 5.56 Å². The van der Waals surface area contributed by atoms with E-state index >= 15 is 0 Å². The largest absolute Gasteiger partial charge is 0.330 e. The Morgan fingerprint density at radius 2 is 2.11 bits per heavy atom. The molecule has 0 aliphatic carbocycles. The molecule has 106 valence electrons. The van der Waals surface area contributed by atoms with Gasteiger partial charge in [0.25, 0.3) is 5.69 Å². The van der Waals surface area contributed by atoms with Crippen molar-refractivity contribution in [2.45, 2.75) is 25.8 Å². The second kappa shape index (κ2) is 7.43. The Balaban J connectivity index is 0.00000180. The van der Waals surface area contributed by atoms with Gasteiger partial charge in [0.05, 0.1) is 4.92 Å². The Morgan fingerprint density at radius 3 is 2.79 bits per heavy atom. The molecule has 0 spiro atoms. The minimum Gasteiger partial charge on any atom is -0.330 e. The molecule has 0 saturated carbocycles. The topological polar surface area (TPSA) is 72.4 Å². The smallest absolute Gasteiger partial charge is 0.269 e. The standard InChI is InChI=1S/C13H19N3O2.ClH/c14-6-1-2-7-15-8-5-11-3-4-13(16(17)18)9-12(11)10-15;/h3-4,9H,1-2,5-8,10,14H2;1H. The molecular formula is C13H20ClN3O2. The lowest BCUT2D eigenvalue weighted by atomic mass is 9.99. The highest BCUT2D eigenvalue weighted by Gasteiger charge is 2.18. The van der Waals surface area contributed by atoms with Gasteiger partial charge in [0.2, 0.25) is 0 Å². The van der Waals surface area contributed by atoms with Crippen LogP contribution >= 0.6 is 12.4 Å². The summed E-state index contributed by atoms with van der Waals surface area (Å²) < 4.78 is 0. The molecule has 0 atom stereocenters. The Hall–Kier alpha value is -1.17. The Bertz CT molecular complexity index is 440. The average Bonchev–Trinajstić information content (AvgIpc) is 2.38. The third-order valence-electron chi connectivity index (χ3n) is 3.42. The molecule has 0 aromatic heterocycles. The van der Waals surface area contributed by atoms with Crippen LogP contribution in [-0.4, -0.2) is 29.5 Å². The number of hydrogen-bond acceptors (Lipinski definition) is 4. The van der Waals surface area contributed by atoms with Crippen molar-refractivity contribution < 1.29 is 4.92 Å². The van der Waals surface area contributed by atoms with Crippen molar-refractivity contribution in [2.24, 2.45) is 5.73 Å². The molecule has 1 aliphatic heterocycles. The third kappa shape index (κ3) is 4.16. The summed E-state index contributed by atoms with van der Waals surface area (Å²) >= 11 is 0. The predicted molar refractivity (Wildman–Crippen MR) is 77.6 cm³/mol. The predicted octanol–water partition coefficient (Wildman–Crippen LogP) is 2.11. The molecule has 1 heterocycles. The van der Waals surface area contributed by atoms with Gasteiger partial charge in [-0.05, 0) is 43.5 Å². The van der Waals surface area contributed by atoms with Crippen LogP contribution in [0.25, 0.3) is 0 Å². The van der Waals surface area contributed by atoms with Gasteiger partial charge in [0, 0.05) is 25.2 Å². The Labute approximate surface area is 119 Å². The maximum atomic E-state index is 10.8. The molecule has 0 radical (unpaired) electrons. The van der Waals surface area contributed by atoms with Crippen LogP contribution in [0.4, 0.5) is 5.69 Å². The van der Waals surface area contributed by atoms with Gasteiger partial charge >= 0.3 is 0 Å². The first kappa shape index (κ1) is 15.9. The fourth-order valence-electron chi connectivity index (χ4n) is 2.39. The van der Waals surface area contributed by atoms with E-state index in [9.17, 15) is 10.1 Å². The molecule has 0 saturated heterocycles. The highest BCUT2D eigenvalue weighted by Crippen LogP contribution is 2.23. The number of benzene rings is 1. The van der Waals surface area contributed by atoms with E-state index in [0.29, 0.717) is 0 Å². The molecule has 0 amide bonds. The molecule has 1 aliphatic rings. The summed E-state index contributed by atoms with van der Waals surface area (Å²) in [7, 11) is 0. The summed E-state index contributed by atoms with van der Waals surface area (Å²) in [6, 6.07) is 5.21. The number of fused-ring (bicyclic) bond motifs is 1. The molecule has 1 aromatic rings. The number of halogens is 1. The maximum absolute atomic E-state index is 10.8. The lowest BCUT2D eigenvalue weighted by Gasteiger charge is -2.28. The van der Waals surface area contributed by atoms with Gasteiger partial charge < -0.3 is 5.73 Å². The number of nitro groups is 1. The molecule has 0 bridgehead atoms. The maximum Gasteiger partial charge on any atom is 0.269 e. The van der Waals surface area contributed by atoms with E-state index in [4.69, 9.17) is 5.73 Å².